The van der Waals surface area contributed by atoms with Crippen LogP contribution in [0.15, 0.2) is 18.2 Å². The minimum Gasteiger partial charge on any atom is -0.382 e. The Morgan fingerprint density at radius 2 is 2.19 bits per heavy atom. The molecule has 0 radical (unpaired) electrons. The number of nitrogens with one attached hydrogen (secondary N) is 1. The average Bonchev–Trinajstić information content (AvgIpc) is 2.73. The molecule has 16 heavy (non-hydrogen) atoms. The van der Waals surface area contributed by atoms with Gasteiger partial charge in [-0.05, 0) is 49.8 Å². The molecule has 0 bridgehead atoms. The normalized spacial score (nSPS) is 24.7. The van der Waals surface area contributed by atoms with Crippen LogP contribution in [-0.4, -0.2) is 6.04 Å². The highest BCUT2D eigenvalue weighted by molar-refractivity contribution is 6.31. The van der Waals surface area contributed by atoms with Crippen molar-refractivity contribution in [3.05, 3.63) is 28.8 Å². The molecule has 1 aliphatic carbocycles. The van der Waals surface area contributed by atoms with Crippen LogP contribution in [0, 0.1) is 12.8 Å². The molecule has 1 N–H and O–H groups in total. The molecule has 2 rings (SSSR count). The third-order valence-electron chi connectivity index (χ3n) is 3.75. The highest BCUT2D eigenvalue weighted by Gasteiger charge is 2.23. The van der Waals surface area contributed by atoms with Gasteiger partial charge in [0.1, 0.15) is 0 Å². The molecule has 0 heterocycles. The standard InChI is InChI=1S/C14H20ClN/c1-3-11-7-8-12(9-11)16-14-6-4-5-13(15)10(14)2/h4-6,11-12,16H,3,7-9H2,1-2H3. The van der Waals surface area contributed by atoms with Gasteiger partial charge in [0, 0.05) is 16.8 Å². The van der Waals surface area contributed by atoms with Gasteiger partial charge in [-0.2, -0.15) is 0 Å². The summed E-state index contributed by atoms with van der Waals surface area (Å²) in [6.07, 6.45) is 5.29. The molecule has 0 saturated heterocycles. The molecule has 1 nitrogen and oxygen atoms in total. The van der Waals surface area contributed by atoms with E-state index >= 15 is 0 Å². The second-order valence-corrected chi connectivity index (χ2v) is 5.25. The van der Waals surface area contributed by atoms with Crippen LogP contribution in [0.25, 0.3) is 0 Å². The third kappa shape index (κ3) is 2.52. The maximum Gasteiger partial charge on any atom is 0.0455 e. The zero-order valence-corrected chi connectivity index (χ0v) is 10.8. The maximum absolute atomic E-state index is 6.12. The van der Waals surface area contributed by atoms with Crippen LogP contribution in [0.5, 0.6) is 0 Å². The highest BCUT2D eigenvalue weighted by atomic mass is 35.5. The Morgan fingerprint density at radius 1 is 1.38 bits per heavy atom. The quantitative estimate of drug-likeness (QED) is 0.808. The summed E-state index contributed by atoms with van der Waals surface area (Å²) in [5.74, 6) is 0.914. The van der Waals surface area contributed by atoms with E-state index in [1.165, 1.54) is 36.9 Å². The van der Waals surface area contributed by atoms with Gasteiger partial charge in [0.25, 0.3) is 0 Å². The molecule has 2 atom stereocenters. The van der Waals surface area contributed by atoms with Crippen molar-refractivity contribution in [2.45, 2.75) is 45.6 Å². The zero-order valence-electron chi connectivity index (χ0n) is 10.1. The molecule has 1 aromatic rings. The van der Waals surface area contributed by atoms with Crippen molar-refractivity contribution in [1.29, 1.82) is 0 Å². The Hall–Kier alpha value is -0.690. The lowest BCUT2D eigenvalue weighted by molar-refractivity contribution is 0.525. The predicted molar refractivity (Wildman–Crippen MR) is 71.2 cm³/mol. The molecule has 0 aromatic heterocycles. The van der Waals surface area contributed by atoms with Crippen LogP contribution >= 0.6 is 11.6 Å². The Bertz CT molecular complexity index is 362. The van der Waals surface area contributed by atoms with E-state index in [0.29, 0.717) is 6.04 Å². The van der Waals surface area contributed by atoms with Crippen molar-refractivity contribution in [2.75, 3.05) is 5.32 Å². The van der Waals surface area contributed by atoms with Gasteiger partial charge in [0.15, 0.2) is 0 Å². The molecule has 0 aliphatic heterocycles. The summed E-state index contributed by atoms with van der Waals surface area (Å²) in [5.41, 5.74) is 2.37. The van der Waals surface area contributed by atoms with Crippen LogP contribution in [0.1, 0.15) is 38.2 Å². The molecule has 88 valence electrons. The lowest BCUT2D eigenvalue weighted by atomic mass is 10.1. The van der Waals surface area contributed by atoms with Crippen molar-refractivity contribution in [3.8, 4) is 0 Å². The first kappa shape index (κ1) is 11.8. The Kier molecular flexibility index (Phi) is 3.75. The number of rotatable bonds is 3. The van der Waals surface area contributed by atoms with E-state index in [0.717, 1.165) is 10.9 Å². The monoisotopic (exact) mass is 237 g/mol. The summed E-state index contributed by atoms with van der Waals surface area (Å²) < 4.78 is 0. The Morgan fingerprint density at radius 3 is 2.88 bits per heavy atom. The Balaban J connectivity index is 2.02. The van der Waals surface area contributed by atoms with E-state index in [1.54, 1.807) is 0 Å². The van der Waals surface area contributed by atoms with E-state index in [9.17, 15) is 0 Å². The van der Waals surface area contributed by atoms with Crippen LogP contribution < -0.4 is 5.32 Å². The molecule has 2 heteroatoms. The van der Waals surface area contributed by atoms with Crippen LogP contribution in [-0.2, 0) is 0 Å². The van der Waals surface area contributed by atoms with Gasteiger partial charge >= 0.3 is 0 Å². The molecule has 0 spiro atoms. The molecule has 0 amide bonds. The van der Waals surface area contributed by atoms with E-state index in [4.69, 9.17) is 11.6 Å². The van der Waals surface area contributed by atoms with E-state index in [2.05, 4.69) is 25.2 Å². The first-order valence-electron chi connectivity index (χ1n) is 6.22. The van der Waals surface area contributed by atoms with Crippen LogP contribution in [0.4, 0.5) is 5.69 Å². The summed E-state index contributed by atoms with van der Waals surface area (Å²) in [5, 5.41) is 4.49. The van der Waals surface area contributed by atoms with Gasteiger partial charge in [-0.1, -0.05) is 31.0 Å². The van der Waals surface area contributed by atoms with Gasteiger partial charge < -0.3 is 5.32 Å². The SMILES string of the molecule is CCC1CCC(Nc2cccc(Cl)c2C)C1. The van der Waals surface area contributed by atoms with Gasteiger partial charge in [-0.25, -0.2) is 0 Å². The number of anilines is 1. The van der Waals surface area contributed by atoms with Crippen molar-refractivity contribution in [1.82, 2.24) is 0 Å². The van der Waals surface area contributed by atoms with Crippen molar-refractivity contribution < 1.29 is 0 Å². The molecule has 1 aromatic carbocycles. The molecule has 1 fully saturated rings. The summed E-state index contributed by atoms with van der Waals surface area (Å²) in [6, 6.07) is 6.73. The summed E-state index contributed by atoms with van der Waals surface area (Å²) in [6.45, 7) is 4.37. The van der Waals surface area contributed by atoms with E-state index < -0.39 is 0 Å². The molecular formula is C14H20ClN. The number of halogens is 1. The highest BCUT2D eigenvalue weighted by Crippen LogP contribution is 2.32. The molecular weight excluding hydrogens is 218 g/mol. The summed E-state index contributed by atoms with van der Waals surface area (Å²) >= 11 is 6.12. The minimum absolute atomic E-state index is 0.641. The van der Waals surface area contributed by atoms with Crippen LogP contribution in [0.3, 0.4) is 0 Å². The fourth-order valence-corrected chi connectivity index (χ4v) is 2.74. The van der Waals surface area contributed by atoms with Crippen molar-refractivity contribution >= 4 is 17.3 Å². The van der Waals surface area contributed by atoms with Gasteiger partial charge in [-0.15, -0.1) is 0 Å². The van der Waals surface area contributed by atoms with Gasteiger partial charge in [-0.3, -0.25) is 0 Å². The first-order valence-corrected chi connectivity index (χ1v) is 6.60. The lowest BCUT2D eigenvalue weighted by Gasteiger charge is -2.17. The number of benzene rings is 1. The van der Waals surface area contributed by atoms with Crippen LogP contribution in [0.2, 0.25) is 5.02 Å². The third-order valence-corrected chi connectivity index (χ3v) is 4.16. The van der Waals surface area contributed by atoms with E-state index in [1.807, 2.05) is 12.1 Å². The van der Waals surface area contributed by atoms with Crippen molar-refractivity contribution in [2.24, 2.45) is 5.92 Å². The Labute approximate surface area is 103 Å². The zero-order chi connectivity index (χ0) is 11.5. The number of hydrogen-bond acceptors (Lipinski definition) is 1. The second kappa shape index (κ2) is 5.09. The minimum atomic E-state index is 0.641. The van der Waals surface area contributed by atoms with Gasteiger partial charge in [0.2, 0.25) is 0 Å². The number of hydrogen-bond donors (Lipinski definition) is 1. The van der Waals surface area contributed by atoms with Gasteiger partial charge in [0.05, 0.1) is 0 Å². The lowest BCUT2D eigenvalue weighted by Crippen LogP contribution is -2.16. The molecule has 2 unspecified atom stereocenters. The summed E-state index contributed by atoms with van der Waals surface area (Å²) in [7, 11) is 0. The molecule has 1 saturated carbocycles. The fraction of sp³-hybridized carbons (Fsp3) is 0.571. The predicted octanol–water partition coefficient (Wildman–Crippen LogP) is 4.64. The average molecular weight is 238 g/mol. The fourth-order valence-electron chi connectivity index (χ4n) is 2.56. The largest absolute Gasteiger partial charge is 0.382 e. The van der Waals surface area contributed by atoms with E-state index in [-0.39, 0.29) is 0 Å². The first-order chi connectivity index (χ1) is 7.70. The smallest absolute Gasteiger partial charge is 0.0455 e. The molecule has 1 aliphatic rings. The van der Waals surface area contributed by atoms with Crippen molar-refractivity contribution in [3.63, 3.8) is 0 Å². The summed E-state index contributed by atoms with van der Waals surface area (Å²) in [4.78, 5) is 0. The topological polar surface area (TPSA) is 12.0 Å². The maximum atomic E-state index is 6.12. The second-order valence-electron chi connectivity index (χ2n) is 4.84.